The number of rotatable bonds is 0. The second-order valence-electron chi connectivity index (χ2n) is 0. The van der Waals surface area contributed by atoms with E-state index < -0.39 is 0 Å². The van der Waals surface area contributed by atoms with Crippen LogP contribution < -0.4 is 0 Å². The summed E-state index contributed by atoms with van der Waals surface area (Å²) in [4.78, 5) is 0. The average molecular weight is 526 g/mol. The van der Waals surface area contributed by atoms with E-state index in [2.05, 4.69) is 0 Å². The van der Waals surface area contributed by atoms with Gasteiger partial charge in [0.2, 0.25) is 0 Å². The van der Waals surface area contributed by atoms with Crippen LogP contribution in [0.5, 0.6) is 0 Å². The van der Waals surface area contributed by atoms with Crippen molar-refractivity contribution in [2.75, 3.05) is 0 Å². The van der Waals surface area contributed by atoms with Crippen LogP contribution in [0.25, 0.3) is 0 Å². The molecule has 0 heterocycles. The maximum atomic E-state index is 0. The predicted molar refractivity (Wildman–Crippen MR) is 0 cm³/mol. The minimum atomic E-state index is 0. The van der Waals surface area contributed by atoms with Crippen LogP contribution in [0.4, 0.5) is 0 Å². The molecule has 0 bridgehead atoms. The summed E-state index contributed by atoms with van der Waals surface area (Å²) in [7, 11) is 0. The Bertz CT molecular complexity index is 8.00. The van der Waals surface area contributed by atoms with Crippen LogP contribution in [0.2, 0.25) is 0 Å². The van der Waals surface area contributed by atoms with Crippen LogP contribution in [0.15, 0.2) is 0 Å². The molecule has 28 valence electrons. The van der Waals surface area contributed by atoms with Crippen LogP contribution in [0, 0.1) is 0 Å². The van der Waals surface area contributed by atoms with Crippen molar-refractivity contribution in [2.45, 2.75) is 0 Å². The standard InChI is InChI=1S/Ir.Re.Rh.Sc. The molecule has 0 fully saturated rings. The molecule has 0 rings (SSSR count). The summed E-state index contributed by atoms with van der Waals surface area (Å²) in [5.74, 6) is 0. The summed E-state index contributed by atoms with van der Waals surface area (Å²) in [6, 6.07) is 0. The van der Waals surface area contributed by atoms with Crippen molar-refractivity contribution in [2.24, 2.45) is 0 Å². The fourth-order valence-corrected chi connectivity index (χ4v) is 0. The van der Waals surface area contributed by atoms with Crippen molar-refractivity contribution in [3.8, 4) is 0 Å². The van der Waals surface area contributed by atoms with Gasteiger partial charge < -0.3 is 0 Å². The molecule has 0 N–H and O–H groups in total. The molecule has 0 saturated carbocycles. The molecule has 0 aromatic heterocycles. The quantitative estimate of drug-likeness (QED) is 0.390. The van der Waals surface area contributed by atoms with Crippen molar-refractivity contribution < 1.29 is 85.8 Å². The van der Waals surface area contributed by atoms with E-state index in [4.69, 9.17) is 0 Å². The normalized spacial score (nSPS) is 0. The van der Waals surface area contributed by atoms with Gasteiger partial charge in [0.05, 0.1) is 0 Å². The molecule has 4 heteroatoms. The van der Waals surface area contributed by atoms with Gasteiger partial charge in [-0.05, 0) is 0 Å². The van der Waals surface area contributed by atoms with E-state index >= 15 is 0 Å². The average Bonchev–Trinajstić information content (AvgIpc) is 0. The summed E-state index contributed by atoms with van der Waals surface area (Å²) < 4.78 is 0. The predicted octanol–water partition coefficient (Wildman–Crippen LogP) is -0.0100. The van der Waals surface area contributed by atoms with E-state index in [9.17, 15) is 0 Å². The van der Waals surface area contributed by atoms with Gasteiger partial charge in [0.25, 0.3) is 0 Å². The van der Waals surface area contributed by atoms with E-state index in [1.54, 1.807) is 0 Å². The second kappa shape index (κ2) is 17.0. The zero-order chi connectivity index (χ0) is 0. The number of hydrogen-bond donors (Lipinski definition) is 0. The Hall–Kier alpha value is 2.81. The molecule has 0 amide bonds. The molecule has 0 nitrogen and oxygen atoms in total. The van der Waals surface area contributed by atoms with Gasteiger partial charge in [-0.1, -0.05) is 0 Å². The molecular weight excluding hydrogens is 526 g/mol. The molecule has 4 heavy (non-hydrogen) atoms. The van der Waals surface area contributed by atoms with E-state index in [0.29, 0.717) is 0 Å². The van der Waals surface area contributed by atoms with Crippen molar-refractivity contribution in [1.29, 1.82) is 0 Å². The zero-order valence-corrected chi connectivity index (χ0v) is 10.2. The minimum absolute atomic E-state index is 0. The van der Waals surface area contributed by atoms with Crippen LogP contribution in [-0.4, -0.2) is 0 Å². The summed E-state index contributed by atoms with van der Waals surface area (Å²) in [5.41, 5.74) is 0. The molecule has 0 aromatic carbocycles. The first-order chi connectivity index (χ1) is 0. The van der Waals surface area contributed by atoms with Gasteiger partial charge in [-0.25, -0.2) is 0 Å². The van der Waals surface area contributed by atoms with Gasteiger partial charge in [0.15, 0.2) is 0 Å². The Morgan fingerprint density at radius 3 is 1.00 bits per heavy atom. The Labute approximate surface area is 84.4 Å². The van der Waals surface area contributed by atoms with Crippen molar-refractivity contribution in [1.82, 2.24) is 0 Å². The van der Waals surface area contributed by atoms with E-state index in [-0.39, 0.29) is 85.8 Å². The Kier molecular flexibility index (Phi) is 124. The Morgan fingerprint density at radius 1 is 1.00 bits per heavy atom. The molecule has 0 aliphatic heterocycles. The Balaban J connectivity index is 0. The maximum absolute atomic E-state index is 0. The van der Waals surface area contributed by atoms with E-state index in [0.717, 1.165) is 0 Å². The maximum Gasteiger partial charge on any atom is 0 e. The van der Waals surface area contributed by atoms with Gasteiger partial charge in [-0.3, -0.25) is 0 Å². The third-order valence-electron chi connectivity index (χ3n) is 0. The monoisotopic (exact) mass is 528 g/mol. The molecular formula is IrReRhSc. The first-order valence-corrected chi connectivity index (χ1v) is 0. The van der Waals surface area contributed by atoms with E-state index in [1.807, 2.05) is 0 Å². The largest absolute Gasteiger partial charge is 0 e. The third-order valence-corrected chi connectivity index (χ3v) is 0. The summed E-state index contributed by atoms with van der Waals surface area (Å²) in [6.45, 7) is 0. The SMILES string of the molecule is [Ir].[Re].[Rh].[Sc]. The fraction of sp³-hybridized carbons (Fsp3) is 0. The molecule has 0 aliphatic rings. The summed E-state index contributed by atoms with van der Waals surface area (Å²) >= 11 is 0. The van der Waals surface area contributed by atoms with Crippen LogP contribution >= 0.6 is 0 Å². The minimum Gasteiger partial charge on any atom is 0 e. The Morgan fingerprint density at radius 2 is 1.00 bits per heavy atom. The van der Waals surface area contributed by atoms with Gasteiger partial charge in [-0.15, -0.1) is 0 Å². The molecule has 0 saturated heterocycles. The van der Waals surface area contributed by atoms with Crippen molar-refractivity contribution in [3.63, 3.8) is 0 Å². The van der Waals surface area contributed by atoms with Crippen LogP contribution in [0.3, 0.4) is 0 Å². The summed E-state index contributed by atoms with van der Waals surface area (Å²) in [6.07, 6.45) is 0. The van der Waals surface area contributed by atoms with Crippen LogP contribution in [-0.2, 0) is 85.8 Å². The molecule has 0 atom stereocenters. The first kappa shape index (κ1) is 29.1. The van der Waals surface area contributed by atoms with Gasteiger partial charge in [-0.2, -0.15) is 0 Å². The second-order valence-corrected chi connectivity index (χ2v) is 0. The molecule has 0 unspecified atom stereocenters. The molecule has 0 spiro atoms. The van der Waals surface area contributed by atoms with Gasteiger partial charge >= 0.3 is 0 Å². The third kappa shape index (κ3) is 8.84. The fourth-order valence-electron chi connectivity index (χ4n) is 0. The van der Waals surface area contributed by atoms with E-state index in [1.165, 1.54) is 0 Å². The topological polar surface area (TPSA) is 0 Å². The van der Waals surface area contributed by atoms with Crippen molar-refractivity contribution >= 4 is 0 Å². The molecule has 0 aliphatic carbocycles. The van der Waals surface area contributed by atoms with Crippen molar-refractivity contribution in [3.05, 3.63) is 0 Å². The molecule has 0 aromatic rings. The first-order valence-electron chi connectivity index (χ1n) is 0. The smallest absolute Gasteiger partial charge is 0 e. The van der Waals surface area contributed by atoms with Gasteiger partial charge in [0, 0.05) is 85.8 Å². The molecule has 4 radical (unpaired) electrons. The zero-order valence-electron chi connectivity index (χ0n) is 1.62. The summed E-state index contributed by atoms with van der Waals surface area (Å²) in [5, 5.41) is 0. The van der Waals surface area contributed by atoms with Crippen LogP contribution in [0.1, 0.15) is 0 Å². The number of hydrogen-bond acceptors (Lipinski definition) is 0. The van der Waals surface area contributed by atoms with Gasteiger partial charge in [0.1, 0.15) is 0 Å².